The van der Waals surface area contributed by atoms with Gasteiger partial charge < -0.3 is 18.8 Å². The molecule has 0 spiro atoms. The van der Waals surface area contributed by atoms with E-state index < -0.39 is 0 Å². The number of aromatic nitrogens is 2. The molecule has 136 valence electrons. The number of ether oxygens (including phenoxy) is 1. The molecule has 1 saturated heterocycles. The van der Waals surface area contributed by atoms with Gasteiger partial charge in [0, 0.05) is 26.3 Å². The van der Waals surface area contributed by atoms with Crippen LogP contribution >= 0.6 is 0 Å². The number of amides is 1. The number of hydrogen-bond acceptors (Lipinski definition) is 3. The molecule has 0 radical (unpaired) electrons. The minimum absolute atomic E-state index is 0.0712. The second-order valence-electron chi connectivity index (χ2n) is 7.06. The summed E-state index contributed by atoms with van der Waals surface area (Å²) >= 11 is 0. The molecule has 0 saturated carbocycles. The first kappa shape index (κ1) is 17.6. The number of likely N-dealkylation sites (tertiary alicyclic amines) is 1. The van der Waals surface area contributed by atoms with Crippen molar-refractivity contribution in [3.8, 4) is 0 Å². The van der Waals surface area contributed by atoms with Crippen molar-refractivity contribution >= 4 is 22.9 Å². The highest BCUT2D eigenvalue weighted by Crippen LogP contribution is 2.22. The molecule has 0 aliphatic carbocycles. The van der Waals surface area contributed by atoms with Crippen LogP contribution in [-0.4, -0.2) is 45.1 Å². The second-order valence-corrected chi connectivity index (χ2v) is 7.06. The minimum atomic E-state index is -0.380. The number of hydrogen-bond donors (Lipinski definition) is 0. The first-order chi connectivity index (χ1) is 12.0. The van der Waals surface area contributed by atoms with E-state index in [0.29, 0.717) is 5.69 Å². The molecule has 0 bridgehead atoms. The Kier molecular flexibility index (Phi) is 5.16. The van der Waals surface area contributed by atoms with Crippen LogP contribution < -0.4 is 0 Å². The van der Waals surface area contributed by atoms with Crippen molar-refractivity contribution in [1.82, 2.24) is 14.0 Å². The molecule has 0 N–H and O–H groups in total. The summed E-state index contributed by atoms with van der Waals surface area (Å²) in [4.78, 5) is 27.2. The number of nitrogens with zero attached hydrogens (tertiary/aromatic N) is 3. The Balaban J connectivity index is 1.90. The molecule has 6 nitrogen and oxygen atoms in total. The van der Waals surface area contributed by atoms with Gasteiger partial charge in [0.2, 0.25) is 5.91 Å². The number of fused-ring (bicyclic) bond motifs is 1. The second kappa shape index (κ2) is 7.33. The summed E-state index contributed by atoms with van der Waals surface area (Å²) in [6.45, 7) is 5.45. The highest BCUT2D eigenvalue weighted by molar-refractivity contribution is 5.96. The van der Waals surface area contributed by atoms with Crippen molar-refractivity contribution in [3.63, 3.8) is 0 Å². The average molecular weight is 345 g/mol. The fourth-order valence-corrected chi connectivity index (χ4v) is 3.44. The fourth-order valence-electron chi connectivity index (χ4n) is 3.44. The summed E-state index contributed by atoms with van der Waals surface area (Å²) in [5.41, 5.74) is 2.26. The molecule has 1 fully saturated rings. The monoisotopic (exact) mass is 345 g/mol. The Bertz CT molecular complexity index is 764. The zero-order valence-electron chi connectivity index (χ0n) is 15.3. The van der Waals surface area contributed by atoms with Crippen LogP contribution in [0.3, 0.4) is 0 Å². The Labute approximate surface area is 148 Å². The van der Waals surface area contributed by atoms with E-state index in [-0.39, 0.29) is 24.5 Å². The summed E-state index contributed by atoms with van der Waals surface area (Å²) in [7, 11) is 1.93. The first-order valence-electron chi connectivity index (χ1n) is 9.10. The van der Waals surface area contributed by atoms with Gasteiger partial charge in [-0.25, -0.2) is 4.79 Å². The molecule has 1 aliphatic heterocycles. The van der Waals surface area contributed by atoms with Crippen molar-refractivity contribution in [1.29, 1.82) is 0 Å². The lowest BCUT2D eigenvalue weighted by Crippen LogP contribution is -2.35. The van der Waals surface area contributed by atoms with Crippen molar-refractivity contribution in [2.75, 3.05) is 13.1 Å². The SMILES string of the molecule is CC(C)OC(=O)c1cc2c(ccn2C)n1CC(=O)N1CCCCCC1. The number of rotatable bonds is 4. The Hall–Kier alpha value is -2.24. The van der Waals surface area contributed by atoms with E-state index in [0.717, 1.165) is 37.0 Å². The molecular formula is C19H27N3O3. The third kappa shape index (κ3) is 3.72. The minimum Gasteiger partial charge on any atom is -0.458 e. The van der Waals surface area contributed by atoms with Crippen LogP contribution in [-0.2, 0) is 23.1 Å². The van der Waals surface area contributed by atoms with E-state index in [1.165, 1.54) is 12.8 Å². The normalized spacial score (nSPS) is 15.6. The lowest BCUT2D eigenvalue weighted by Gasteiger charge is -2.21. The number of esters is 1. The van der Waals surface area contributed by atoms with E-state index in [1.54, 1.807) is 4.57 Å². The summed E-state index contributed by atoms with van der Waals surface area (Å²) in [5.74, 6) is -0.309. The van der Waals surface area contributed by atoms with Crippen LogP contribution in [0.25, 0.3) is 11.0 Å². The maximum Gasteiger partial charge on any atom is 0.355 e. The predicted molar refractivity (Wildman–Crippen MR) is 96.5 cm³/mol. The Morgan fingerprint density at radius 1 is 1.12 bits per heavy atom. The van der Waals surface area contributed by atoms with Crippen LogP contribution in [0.1, 0.15) is 50.0 Å². The molecule has 1 amide bonds. The lowest BCUT2D eigenvalue weighted by atomic mass is 10.2. The number of carbonyl (C=O) groups is 2. The van der Waals surface area contributed by atoms with Crippen LogP contribution in [0.15, 0.2) is 18.3 Å². The molecule has 2 aromatic rings. The zero-order valence-corrected chi connectivity index (χ0v) is 15.3. The van der Waals surface area contributed by atoms with Crippen molar-refractivity contribution < 1.29 is 14.3 Å². The average Bonchev–Trinajstić information content (AvgIpc) is 2.95. The van der Waals surface area contributed by atoms with E-state index in [4.69, 9.17) is 4.74 Å². The van der Waals surface area contributed by atoms with Gasteiger partial charge in [0.15, 0.2) is 0 Å². The largest absolute Gasteiger partial charge is 0.458 e. The maximum absolute atomic E-state index is 12.8. The smallest absolute Gasteiger partial charge is 0.355 e. The van der Waals surface area contributed by atoms with Crippen molar-refractivity contribution in [2.45, 2.75) is 52.2 Å². The quantitative estimate of drug-likeness (QED) is 0.801. The van der Waals surface area contributed by atoms with Gasteiger partial charge in [0.25, 0.3) is 0 Å². The summed E-state index contributed by atoms with van der Waals surface area (Å²) < 4.78 is 9.12. The molecule has 0 unspecified atom stereocenters. The van der Waals surface area contributed by atoms with Crippen LogP contribution in [0, 0.1) is 0 Å². The van der Waals surface area contributed by atoms with Gasteiger partial charge in [-0.2, -0.15) is 0 Å². The molecule has 2 aromatic heterocycles. The summed E-state index contributed by atoms with van der Waals surface area (Å²) in [5, 5.41) is 0. The highest BCUT2D eigenvalue weighted by Gasteiger charge is 2.23. The number of carbonyl (C=O) groups excluding carboxylic acids is 2. The zero-order chi connectivity index (χ0) is 18.0. The van der Waals surface area contributed by atoms with Crippen molar-refractivity contribution in [2.24, 2.45) is 7.05 Å². The van der Waals surface area contributed by atoms with Gasteiger partial charge in [0.1, 0.15) is 12.2 Å². The first-order valence-corrected chi connectivity index (χ1v) is 9.10. The summed E-state index contributed by atoms with van der Waals surface area (Å²) in [6.07, 6.45) is 6.22. The molecule has 0 aromatic carbocycles. The standard InChI is InChI=1S/C19H27N3O3/c1-14(2)25-19(24)17-12-16-15(8-11-20(16)3)22(17)13-18(23)21-9-6-4-5-7-10-21/h8,11-12,14H,4-7,9-10,13H2,1-3H3. The van der Waals surface area contributed by atoms with Gasteiger partial charge >= 0.3 is 5.97 Å². The molecule has 3 rings (SSSR count). The third-order valence-corrected chi connectivity index (χ3v) is 4.76. The van der Waals surface area contributed by atoms with E-state index >= 15 is 0 Å². The topological polar surface area (TPSA) is 56.5 Å². The van der Waals surface area contributed by atoms with Gasteiger partial charge in [-0.05, 0) is 38.8 Å². The Morgan fingerprint density at radius 2 is 1.80 bits per heavy atom. The van der Waals surface area contributed by atoms with Gasteiger partial charge in [-0.3, -0.25) is 4.79 Å². The van der Waals surface area contributed by atoms with E-state index in [1.807, 2.05) is 48.7 Å². The summed E-state index contributed by atoms with van der Waals surface area (Å²) in [6, 6.07) is 3.76. The maximum atomic E-state index is 12.8. The predicted octanol–water partition coefficient (Wildman–Crippen LogP) is 2.95. The van der Waals surface area contributed by atoms with Crippen LogP contribution in [0.4, 0.5) is 0 Å². The van der Waals surface area contributed by atoms with Gasteiger partial charge in [0.05, 0.1) is 17.1 Å². The van der Waals surface area contributed by atoms with Crippen LogP contribution in [0.5, 0.6) is 0 Å². The number of aryl methyl sites for hydroxylation is 1. The van der Waals surface area contributed by atoms with Crippen molar-refractivity contribution in [3.05, 3.63) is 24.0 Å². The van der Waals surface area contributed by atoms with Crippen LogP contribution in [0.2, 0.25) is 0 Å². The molecule has 25 heavy (non-hydrogen) atoms. The van der Waals surface area contributed by atoms with E-state index in [9.17, 15) is 9.59 Å². The fraction of sp³-hybridized carbons (Fsp3) is 0.579. The van der Waals surface area contributed by atoms with Gasteiger partial charge in [-0.15, -0.1) is 0 Å². The Morgan fingerprint density at radius 3 is 2.44 bits per heavy atom. The molecule has 3 heterocycles. The molecule has 1 aliphatic rings. The van der Waals surface area contributed by atoms with E-state index in [2.05, 4.69) is 0 Å². The third-order valence-electron chi connectivity index (χ3n) is 4.76. The molecule has 0 atom stereocenters. The molecule has 6 heteroatoms. The lowest BCUT2D eigenvalue weighted by molar-refractivity contribution is -0.131. The molecular weight excluding hydrogens is 318 g/mol. The highest BCUT2D eigenvalue weighted by atomic mass is 16.5. The van der Waals surface area contributed by atoms with Gasteiger partial charge in [-0.1, -0.05) is 12.8 Å².